The van der Waals surface area contributed by atoms with Crippen molar-refractivity contribution in [1.29, 1.82) is 0 Å². The predicted molar refractivity (Wildman–Crippen MR) is 120 cm³/mol. The molecule has 0 amide bonds. The van der Waals surface area contributed by atoms with E-state index >= 15 is 0 Å². The van der Waals surface area contributed by atoms with Gasteiger partial charge in [-0.15, -0.1) is 0 Å². The molecule has 1 aromatic carbocycles. The molecule has 1 aliphatic heterocycles. The highest BCUT2D eigenvalue weighted by Crippen LogP contribution is 2.21. The molecule has 31 heavy (non-hydrogen) atoms. The molecule has 0 aliphatic carbocycles. The second kappa shape index (κ2) is 9.78. The first-order valence-corrected chi connectivity index (χ1v) is 10.8. The van der Waals surface area contributed by atoms with Gasteiger partial charge in [-0.05, 0) is 20.8 Å². The van der Waals surface area contributed by atoms with Gasteiger partial charge >= 0.3 is 0 Å². The van der Waals surface area contributed by atoms with E-state index in [9.17, 15) is 0 Å². The Balaban J connectivity index is 1.35. The van der Waals surface area contributed by atoms with E-state index in [1.54, 1.807) is 6.20 Å². The van der Waals surface area contributed by atoms with E-state index in [4.69, 9.17) is 13.9 Å². The van der Waals surface area contributed by atoms with Gasteiger partial charge < -0.3 is 19.2 Å². The second-order valence-corrected chi connectivity index (χ2v) is 7.85. The molecule has 0 spiro atoms. The topological polar surface area (TPSA) is 82.9 Å². The van der Waals surface area contributed by atoms with Gasteiger partial charge in [-0.2, -0.15) is 0 Å². The van der Waals surface area contributed by atoms with Gasteiger partial charge in [0.15, 0.2) is 11.7 Å². The molecule has 8 nitrogen and oxygen atoms in total. The van der Waals surface area contributed by atoms with Crippen LogP contribution in [-0.4, -0.2) is 58.6 Å². The van der Waals surface area contributed by atoms with E-state index in [0.29, 0.717) is 12.4 Å². The van der Waals surface area contributed by atoms with Crippen molar-refractivity contribution in [1.82, 2.24) is 25.3 Å². The summed E-state index contributed by atoms with van der Waals surface area (Å²) in [6.45, 7) is 11.8. The molecular weight excluding hydrogens is 392 g/mol. The number of oxazole rings is 1. The molecule has 0 bridgehead atoms. The standard InChI is InChI=1S/C23H30N6O2/c1-4-24-23(29-11-9-28(10-12-29)16-20-13-18(3)31-27-20)26-15-22-25-14-21(30-22)19-7-5-17(2)6-8-19/h5-8,13-14H,4,9-12,15-16H2,1-3H3,(H,24,26). The minimum atomic E-state index is 0.409. The smallest absolute Gasteiger partial charge is 0.216 e. The van der Waals surface area contributed by atoms with Crippen LogP contribution in [0.25, 0.3) is 11.3 Å². The molecule has 1 aliphatic rings. The lowest BCUT2D eigenvalue weighted by Crippen LogP contribution is -2.52. The lowest BCUT2D eigenvalue weighted by molar-refractivity contribution is 0.169. The molecule has 3 heterocycles. The van der Waals surface area contributed by atoms with Gasteiger partial charge in [0.25, 0.3) is 0 Å². The number of benzene rings is 1. The molecule has 0 unspecified atom stereocenters. The summed E-state index contributed by atoms with van der Waals surface area (Å²) in [6, 6.07) is 10.2. The van der Waals surface area contributed by atoms with Crippen LogP contribution >= 0.6 is 0 Å². The number of piperazine rings is 1. The highest BCUT2D eigenvalue weighted by Gasteiger charge is 2.20. The van der Waals surface area contributed by atoms with Crippen LogP contribution in [0.15, 0.2) is 50.5 Å². The van der Waals surface area contributed by atoms with Crippen molar-refractivity contribution in [2.24, 2.45) is 4.99 Å². The fourth-order valence-electron chi connectivity index (χ4n) is 3.64. The van der Waals surface area contributed by atoms with Crippen molar-refractivity contribution in [3.8, 4) is 11.3 Å². The van der Waals surface area contributed by atoms with Crippen molar-refractivity contribution < 1.29 is 8.94 Å². The predicted octanol–water partition coefficient (Wildman–Crippen LogP) is 3.23. The first-order chi connectivity index (χ1) is 15.1. The summed E-state index contributed by atoms with van der Waals surface area (Å²) >= 11 is 0. The third kappa shape index (κ3) is 5.52. The first kappa shape index (κ1) is 21.1. The zero-order chi connectivity index (χ0) is 21.6. The fourth-order valence-corrected chi connectivity index (χ4v) is 3.64. The fraction of sp³-hybridized carbons (Fsp3) is 0.435. The lowest BCUT2D eigenvalue weighted by Gasteiger charge is -2.36. The van der Waals surface area contributed by atoms with Gasteiger partial charge in [0.1, 0.15) is 12.3 Å². The van der Waals surface area contributed by atoms with Crippen LogP contribution in [0.5, 0.6) is 0 Å². The van der Waals surface area contributed by atoms with Crippen LogP contribution in [0.3, 0.4) is 0 Å². The summed E-state index contributed by atoms with van der Waals surface area (Å²) in [6.07, 6.45) is 1.77. The molecule has 2 aromatic heterocycles. The van der Waals surface area contributed by atoms with E-state index in [0.717, 1.165) is 68.0 Å². The molecule has 0 atom stereocenters. The summed E-state index contributed by atoms with van der Waals surface area (Å²) in [7, 11) is 0. The van der Waals surface area contributed by atoms with Crippen LogP contribution in [-0.2, 0) is 13.1 Å². The SMILES string of the molecule is CCNC(=NCc1ncc(-c2ccc(C)cc2)o1)N1CCN(Cc2cc(C)on2)CC1. The largest absolute Gasteiger partial charge is 0.439 e. The number of nitrogens with one attached hydrogen (secondary N) is 1. The Hall–Kier alpha value is -3.13. The Morgan fingerprint density at radius 2 is 1.90 bits per heavy atom. The Bertz CT molecular complexity index is 999. The summed E-state index contributed by atoms with van der Waals surface area (Å²) in [4.78, 5) is 13.9. The number of rotatable bonds is 6. The number of aryl methyl sites for hydroxylation is 2. The molecule has 1 fully saturated rings. The summed E-state index contributed by atoms with van der Waals surface area (Å²) < 4.78 is 11.1. The summed E-state index contributed by atoms with van der Waals surface area (Å²) in [5.74, 6) is 3.14. The van der Waals surface area contributed by atoms with Crippen molar-refractivity contribution in [3.63, 3.8) is 0 Å². The van der Waals surface area contributed by atoms with Gasteiger partial charge in [0, 0.05) is 50.9 Å². The van der Waals surface area contributed by atoms with Crippen LogP contribution in [0.4, 0.5) is 0 Å². The Labute approximate surface area is 182 Å². The maximum Gasteiger partial charge on any atom is 0.216 e. The highest BCUT2D eigenvalue weighted by molar-refractivity contribution is 5.80. The summed E-state index contributed by atoms with van der Waals surface area (Å²) in [5.41, 5.74) is 3.23. The molecule has 164 valence electrons. The van der Waals surface area contributed by atoms with Gasteiger partial charge in [0.05, 0.1) is 11.9 Å². The average molecular weight is 423 g/mol. The van der Waals surface area contributed by atoms with Crippen LogP contribution in [0.2, 0.25) is 0 Å². The van der Waals surface area contributed by atoms with Crippen molar-refractivity contribution in [3.05, 3.63) is 59.4 Å². The average Bonchev–Trinajstić information content (AvgIpc) is 3.41. The number of guanidine groups is 1. The minimum Gasteiger partial charge on any atom is -0.439 e. The van der Waals surface area contributed by atoms with Crippen molar-refractivity contribution in [2.45, 2.75) is 33.9 Å². The quantitative estimate of drug-likeness (QED) is 0.482. The Kier molecular flexibility index (Phi) is 6.66. The maximum atomic E-state index is 5.92. The maximum absolute atomic E-state index is 5.92. The zero-order valence-electron chi connectivity index (χ0n) is 18.5. The molecular formula is C23H30N6O2. The first-order valence-electron chi connectivity index (χ1n) is 10.8. The number of hydrogen-bond acceptors (Lipinski definition) is 6. The highest BCUT2D eigenvalue weighted by atomic mass is 16.5. The van der Waals surface area contributed by atoms with Crippen LogP contribution < -0.4 is 5.32 Å². The number of aromatic nitrogens is 2. The third-order valence-electron chi connectivity index (χ3n) is 5.32. The zero-order valence-corrected chi connectivity index (χ0v) is 18.5. The van der Waals surface area contributed by atoms with Crippen molar-refractivity contribution in [2.75, 3.05) is 32.7 Å². The van der Waals surface area contributed by atoms with E-state index in [2.05, 4.69) is 51.2 Å². The van der Waals surface area contributed by atoms with E-state index in [-0.39, 0.29) is 0 Å². The van der Waals surface area contributed by atoms with E-state index in [1.165, 1.54) is 5.56 Å². The number of aliphatic imine (C=N–C) groups is 1. The number of hydrogen-bond donors (Lipinski definition) is 1. The molecule has 4 rings (SSSR count). The molecule has 8 heteroatoms. The van der Waals surface area contributed by atoms with Gasteiger partial charge in [-0.25, -0.2) is 9.98 Å². The van der Waals surface area contributed by atoms with E-state index < -0.39 is 0 Å². The van der Waals surface area contributed by atoms with Crippen molar-refractivity contribution >= 4 is 5.96 Å². The Morgan fingerprint density at radius 1 is 1.13 bits per heavy atom. The third-order valence-corrected chi connectivity index (χ3v) is 5.32. The van der Waals surface area contributed by atoms with E-state index in [1.807, 2.05) is 25.1 Å². The van der Waals surface area contributed by atoms with Crippen LogP contribution in [0.1, 0.15) is 29.8 Å². The van der Waals surface area contributed by atoms with Crippen LogP contribution in [0, 0.1) is 13.8 Å². The van der Waals surface area contributed by atoms with Gasteiger partial charge in [0.2, 0.25) is 5.89 Å². The number of nitrogens with zero attached hydrogens (tertiary/aromatic N) is 5. The Morgan fingerprint density at radius 3 is 2.58 bits per heavy atom. The molecule has 3 aromatic rings. The minimum absolute atomic E-state index is 0.409. The normalized spacial score (nSPS) is 15.5. The molecule has 1 N–H and O–H groups in total. The molecule has 1 saturated heterocycles. The second-order valence-electron chi connectivity index (χ2n) is 7.85. The van der Waals surface area contributed by atoms with Gasteiger partial charge in [-0.3, -0.25) is 4.90 Å². The summed E-state index contributed by atoms with van der Waals surface area (Å²) in [5, 5.41) is 7.50. The van der Waals surface area contributed by atoms with Gasteiger partial charge in [-0.1, -0.05) is 35.0 Å². The molecule has 0 radical (unpaired) electrons. The monoisotopic (exact) mass is 422 g/mol. The lowest BCUT2D eigenvalue weighted by atomic mass is 10.1. The molecule has 0 saturated carbocycles.